The average Bonchev–Trinajstić information content (AvgIpc) is 3.19. The van der Waals surface area contributed by atoms with E-state index in [0.29, 0.717) is 5.69 Å². The molecule has 1 aromatic carbocycles. The van der Waals surface area contributed by atoms with E-state index in [4.69, 9.17) is 4.74 Å². The van der Waals surface area contributed by atoms with Gasteiger partial charge >= 0.3 is 0 Å². The molecule has 1 aliphatic heterocycles. The summed E-state index contributed by atoms with van der Waals surface area (Å²) >= 11 is 0. The lowest BCUT2D eigenvalue weighted by Gasteiger charge is -2.18. The van der Waals surface area contributed by atoms with Gasteiger partial charge in [0.2, 0.25) is 0 Å². The first-order valence-corrected chi connectivity index (χ1v) is 8.46. The van der Waals surface area contributed by atoms with E-state index in [1.807, 2.05) is 12.1 Å². The lowest BCUT2D eigenvalue weighted by atomic mass is 10.2. The Labute approximate surface area is 129 Å². The van der Waals surface area contributed by atoms with Gasteiger partial charge in [-0.3, -0.25) is 4.72 Å². The van der Waals surface area contributed by atoms with E-state index in [0.717, 1.165) is 25.2 Å². The predicted molar refractivity (Wildman–Crippen MR) is 83.5 cm³/mol. The molecule has 1 aliphatic rings. The number of rotatable bonds is 5. The lowest BCUT2D eigenvalue weighted by molar-refractivity contribution is 0.121. The number of aromatic nitrogens is 2. The second-order valence-electron chi connectivity index (χ2n) is 5.16. The van der Waals surface area contributed by atoms with Gasteiger partial charge in [0.1, 0.15) is 0 Å². The molecule has 2 aromatic rings. The van der Waals surface area contributed by atoms with Crippen LogP contribution in [0.5, 0.6) is 0 Å². The number of benzene rings is 1. The number of nitrogens with zero attached hydrogens (tertiary/aromatic N) is 2. The summed E-state index contributed by atoms with van der Waals surface area (Å²) in [6.45, 7) is 1.80. The van der Waals surface area contributed by atoms with Crippen molar-refractivity contribution in [3.05, 3.63) is 36.8 Å². The molecular formula is C14H18N4O3S. The van der Waals surface area contributed by atoms with Crippen molar-refractivity contribution in [3.8, 4) is 0 Å². The van der Waals surface area contributed by atoms with Gasteiger partial charge in [-0.1, -0.05) is 0 Å². The zero-order chi connectivity index (χ0) is 15.6. The van der Waals surface area contributed by atoms with E-state index in [-0.39, 0.29) is 11.1 Å². The monoisotopic (exact) mass is 322 g/mol. The molecule has 0 spiro atoms. The summed E-state index contributed by atoms with van der Waals surface area (Å²) in [7, 11) is -1.89. The number of anilines is 2. The van der Waals surface area contributed by atoms with Crippen LogP contribution in [-0.4, -0.2) is 44.7 Å². The van der Waals surface area contributed by atoms with Crippen molar-refractivity contribution < 1.29 is 13.2 Å². The molecule has 8 heteroatoms. The Kier molecular flexibility index (Phi) is 4.04. The van der Waals surface area contributed by atoms with E-state index in [2.05, 4.69) is 19.6 Å². The van der Waals surface area contributed by atoms with Crippen LogP contribution >= 0.6 is 0 Å². The number of hydrogen-bond donors (Lipinski definition) is 2. The van der Waals surface area contributed by atoms with E-state index in [9.17, 15) is 8.42 Å². The van der Waals surface area contributed by atoms with Crippen LogP contribution in [0.2, 0.25) is 0 Å². The van der Waals surface area contributed by atoms with Gasteiger partial charge in [0.15, 0.2) is 5.03 Å². The van der Waals surface area contributed by atoms with Crippen LogP contribution in [-0.2, 0) is 14.8 Å². The first-order chi connectivity index (χ1) is 10.6. The fourth-order valence-electron chi connectivity index (χ4n) is 2.50. The first kappa shape index (κ1) is 14.9. The second-order valence-corrected chi connectivity index (χ2v) is 6.81. The maximum Gasteiger partial charge on any atom is 0.278 e. The minimum atomic E-state index is -3.62. The third kappa shape index (κ3) is 3.07. The Morgan fingerprint density at radius 3 is 2.73 bits per heavy atom. The van der Waals surface area contributed by atoms with Crippen LogP contribution in [0.1, 0.15) is 6.42 Å². The van der Waals surface area contributed by atoms with E-state index < -0.39 is 10.0 Å². The molecule has 0 bridgehead atoms. The van der Waals surface area contributed by atoms with Crippen molar-refractivity contribution in [2.45, 2.75) is 17.6 Å². The second kappa shape index (κ2) is 5.98. The van der Waals surface area contributed by atoms with Crippen molar-refractivity contribution in [1.29, 1.82) is 0 Å². The maximum absolute atomic E-state index is 12.1. The van der Waals surface area contributed by atoms with Crippen molar-refractivity contribution in [2.75, 3.05) is 29.8 Å². The SMILES string of the molecule is COC1CCN(c2ccc(NS(=O)(=O)c3cnc[nH]3)cc2)C1. The molecule has 0 amide bonds. The zero-order valence-electron chi connectivity index (χ0n) is 12.2. The van der Waals surface area contributed by atoms with Crippen molar-refractivity contribution in [3.63, 3.8) is 0 Å². The number of H-pyrrole nitrogens is 1. The Morgan fingerprint density at radius 2 is 2.14 bits per heavy atom. The Morgan fingerprint density at radius 1 is 1.36 bits per heavy atom. The highest BCUT2D eigenvalue weighted by atomic mass is 32.2. The molecule has 2 heterocycles. The largest absolute Gasteiger partial charge is 0.380 e. The van der Waals surface area contributed by atoms with Gasteiger partial charge < -0.3 is 14.6 Å². The quantitative estimate of drug-likeness (QED) is 0.869. The predicted octanol–water partition coefficient (Wildman–Crippen LogP) is 1.44. The van der Waals surface area contributed by atoms with E-state index in [1.165, 1.54) is 12.5 Å². The van der Waals surface area contributed by atoms with Crippen molar-refractivity contribution in [2.24, 2.45) is 0 Å². The summed E-state index contributed by atoms with van der Waals surface area (Å²) in [4.78, 5) is 8.52. The maximum atomic E-state index is 12.1. The topological polar surface area (TPSA) is 87.3 Å². The van der Waals surface area contributed by atoms with Crippen molar-refractivity contribution >= 4 is 21.4 Å². The highest BCUT2D eigenvalue weighted by molar-refractivity contribution is 7.92. The number of nitrogens with one attached hydrogen (secondary N) is 2. The van der Waals surface area contributed by atoms with Crippen LogP contribution in [0.15, 0.2) is 41.8 Å². The van der Waals surface area contributed by atoms with Gasteiger partial charge in [-0.2, -0.15) is 8.42 Å². The standard InChI is InChI=1S/C14H18N4O3S/c1-21-13-6-7-18(9-13)12-4-2-11(3-5-12)17-22(19,20)14-8-15-10-16-14/h2-5,8,10,13,17H,6-7,9H2,1H3,(H,15,16). The lowest BCUT2D eigenvalue weighted by Crippen LogP contribution is -2.22. The molecule has 0 aliphatic carbocycles. The summed E-state index contributed by atoms with van der Waals surface area (Å²) in [5, 5.41) is 0.0408. The summed E-state index contributed by atoms with van der Waals surface area (Å²) in [6, 6.07) is 7.32. The molecule has 1 unspecified atom stereocenters. The number of sulfonamides is 1. The molecule has 1 aromatic heterocycles. The third-order valence-electron chi connectivity index (χ3n) is 3.73. The Bertz CT molecular complexity index is 713. The molecule has 1 atom stereocenters. The van der Waals surface area contributed by atoms with Gasteiger partial charge in [-0.25, -0.2) is 4.98 Å². The van der Waals surface area contributed by atoms with Crippen LogP contribution in [0.25, 0.3) is 0 Å². The van der Waals surface area contributed by atoms with Crippen LogP contribution in [0.3, 0.4) is 0 Å². The smallest absolute Gasteiger partial charge is 0.278 e. The fraction of sp³-hybridized carbons (Fsp3) is 0.357. The molecule has 22 heavy (non-hydrogen) atoms. The van der Waals surface area contributed by atoms with Gasteiger partial charge in [-0.05, 0) is 30.7 Å². The molecule has 0 radical (unpaired) electrons. The van der Waals surface area contributed by atoms with Gasteiger partial charge in [-0.15, -0.1) is 0 Å². The number of aromatic amines is 1. The minimum Gasteiger partial charge on any atom is -0.380 e. The fourth-order valence-corrected chi connectivity index (χ4v) is 3.46. The third-order valence-corrected chi connectivity index (χ3v) is 5.03. The van der Waals surface area contributed by atoms with E-state index in [1.54, 1.807) is 19.2 Å². The van der Waals surface area contributed by atoms with Gasteiger partial charge in [0.05, 0.1) is 18.6 Å². The highest BCUT2D eigenvalue weighted by Gasteiger charge is 2.22. The molecule has 7 nitrogen and oxygen atoms in total. The Balaban J connectivity index is 1.70. The van der Waals surface area contributed by atoms with Crippen molar-refractivity contribution in [1.82, 2.24) is 9.97 Å². The van der Waals surface area contributed by atoms with Gasteiger partial charge in [0, 0.05) is 31.6 Å². The summed E-state index contributed by atoms with van der Waals surface area (Å²) in [6.07, 6.45) is 3.87. The zero-order valence-corrected chi connectivity index (χ0v) is 13.0. The number of methoxy groups -OCH3 is 1. The molecule has 1 fully saturated rings. The minimum absolute atomic E-state index is 0.0408. The average molecular weight is 322 g/mol. The highest BCUT2D eigenvalue weighted by Crippen LogP contribution is 2.24. The number of ether oxygens (including phenoxy) is 1. The molecular weight excluding hydrogens is 304 g/mol. The summed E-state index contributed by atoms with van der Waals surface area (Å²) < 4.78 is 32.0. The Hall–Kier alpha value is -2.06. The van der Waals surface area contributed by atoms with Crippen LogP contribution in [0.4, 0.5) is 11.4 Å². The van der Waals surface area contributed by atoms with Crippen LogP contribution < -0.4 is 9.62 Å². The number of imidazole rings is 1. The van der Waals surface area contributed by atoms with E-state index >= 15 is 0 Å². The normalized spacial score (nSPS) is 18.6. The molecule has 3 rings (SSSR count). The molecule has 0 saturated carbocycles. The summed E-state index contributed by atoms with van der Waals surface area (Å²) in [5.41, 5.74) is 1.57. The first-order valence-electron chi connectivity index (χ1n) is 6.97. The number of hydrogen-bond acceptors (Lipinski definition) is 5. The van der Waals surface area contributed by atoms with Gasteiger partial charge in [0.25, 0.3) is 10.0 Å². The molecule has 118 valence electrons. The summed E-state index contributed by atoms with van der Waals surface area (Å²) in [5.74, 6) is 0. The molecule has 1 saturated heterocycles. The van der Waals surface area contributed by atoms with Crippen LogP contribution in [0, 0.1) is 0 Å². The molecule has 2 N–H and O–H groups in total.